The predicted octanol–water partition coefficient (Wildman–Crippen LogP) is 1.03. The SMILES string of the molecule is CC1Nn2c(nnc2-c2ccco2)SC1C(=O)O. The molecule has 0 saturated heterocycles. The molecule has 2 atom stereocenters. The van der Waals surface area contributed by atoms with Crippen molar-refractivity contribution in [3.05, 3.63) is 18.4 Å². The molecule has 0 fully saturated rings. The molecule has 2 aromatic heterocycles. The second-order valence-corrected chi connectivity index (χ2v) is 5.02. The number of carboxylic acids is 1. The number of nitrogens with one attached hydrogen (secondary N) is 1. The van der Waals surface area contributed by atoms with Gasteiger partial charge in [-0.15, -0.1) is 10.2 Å². The first kappa shape index (κ1) is 11.1. The number of aliphatic carboxylic acids is 1. The van der Waals surface area contributed by atoms with Crippen molar-refractivity contribution in [3.63, 3.8) is 0 Å². The number of thioether (sulfide) groups is 1. The zero-order chi connectivity index (χ0) is 12.7. The van der Waals surface area contributed by atoms with E-state index in [1.807, 2.05) is 0 Å². The zero-order valence-corrected chi connectivity index (χ0v) is 10.2. The summed E-state index contributed by atoms with van der Waals surface area (Å²) < 4.78 is 6.92. The molecule has 0 spiro atoms. The number of hydrogen-bond donors (Lipinski definition) is 2. The van der Waals surface area contributed by atoms with Crippen LogP contribution < -0.4 is 5.43 Å². The van der Waals surface area contributed by atoms with E-state index in [0.29, 0.717) is 16.7 Å². The summed E-state index contributed by atoms with van der Waals surface area (Å²) in [4.78, 5) is 11.1. The Balaban J connectivity index is 1.99. The molecule has 3 rings (SSSR count). The van der Waals surface area contributed by atoms with Gasteiger partial charge < -0.3 is 14.9 Å². The van der Waals surface area contributed by atoms with Crippen LogP contribution in [0.5, 0.6) is 0 Å². The summed E-state index contributed by atoms with van der Waals surface area (Å²) in [7, 11) is 0. The van der Waals surface area contributed by atoms with E-state index in [4.69, 9.17) is 9.52 Å². The van der Waals surface area contributed by atoms with Gasteiger partial charge in [-0.05, 0) is 19.1 Å². The van der Waals surface area contributed by atoms with Gasteiger partial charge in [-0.2, -0.15) is 0 Å². The molecule has 0 bridgehead atoms. The summed E-state index contributed by atoms with van der Waals surface area (Å²) in [6, 6.07) is 3.30. The van der Waals surface area contributed by atoms with E-state index < -0.39 is 11.2 Å². The average Bonchev–Trinajstić information content (AvgIpc) is 2.94. The first-order chi connectivity index (χ1) is 8.66. The number of nitrogens with zero attached hydrogens (tertiary/aromatic N) is 3. The van der Waals surface area contributed by atoms with Gasteiger partial charge in [-0.1, -0.05) is 11.8 Å². The van der Waals surface area contributed by atoms with Crippen LogP contribution in [0.1, 0.15) is 6.92 Å². The Labute approximate surface area is 106 Å². The second-order valence-electron chi connectivity index (χ2n) is 3.91. The lowest BCUT2D eigenvalue weighted by molar-refractivity contribution is -0.136. The lowest BCUT2D eigenvalue weighted by Gasteiger charge is -2.27. The third-order valence-electron chi connectivity index (χ3n) is 2.64. The minimum absolute atomic E-state index is 0.232. The van der Waals surface area contributed by atoms with Crippen LogP contribution in [0.25, 0.3) is 11.6 Å². The molecule has 3 heterocycles. The van der Waals surface area contributed by atoms with Crippen molar-refractivity contribution in [2.75, 3.05) is 5.43 Å². The Bertz CT molecular complexity index is 580. The number of fused-ring (bicyclic) bond motifs is 1. The van der Waals surface area contributed by atoms with Gasteiger partial charge in [0.15, 0.2) is 5.76 Å². The van der Waals surface area contributed by atoms with Crippen LogP contribution in [-0.2, 0) is 4.79 Å². The van der Waals surface area contributed by atoms with Crippen LogP contribution in [0.15, 0.2) is 28.0 Å². The van der Waals surface area contributed by atoms with E-state index in [9.17, 15) is 4.79 Å². The Morgan fingerprint density at radius 2 is 2.44 bits per heavy atom. The largest absolute Gasteiger partial charge is 0.480 e. The lowest BCUT2D eigenvalue weighted by Crippen LogP contribution is -2.43. The van der Waals surface area contributed by atoms with Crippen LogP contribution in [0.4, 0.5) is 0 Å². The second kappa shape index (κ2) is 4.05. The van der Waals surface area contributed by atoms with Gasteiger partial charge in [0.1, 0.15) is 5.25 Å². The van der Waals surface area contributed by atoms with Crippen LogP contribution in [0.3, 0.4) is 0 Å². The summed E-state index contributed by atoms with van der Waals surface area (Å²) in [5.41, 5.74) is 3.06. The van der Waals surface area contributed by atoms with Crippen molar-refractivity contribution < 1.29 is 14.3 Å². The molecular weight excluding hydrogens is 256 g/mol. The highest BCUT2D eigenvalue weighted by Gasteiger charge is 2.34. The number of carbonyl (C=O) groups is 1. The van der Waals surface area contributed by atoms with Crippen molar-refractivity contribution in [2.24, 2.45) is 0 Å². The van der Waals surface area contributed by atoms with Gasteiger partial charge in [-0.3, -0.25) is 4.79 Å². The van der Waals surface area contributed by atoms with Crippen molar-refractivity contribution in [1.82, 2.24) is 14.9 Å². The zero-order valence-electron chi connectivity index (χ0n) is 9.40. The van der Waals surface area contributed by atoms with Gasteiger partial charge in [-0.25, -0.2) is 4.68 Å². The van der Waals surface area contributed by atoms with Gasteiger partial charge in [0.2, 0.25) is 11.0 Å². The Kier molecular flexibility index (Phi) is 2.51. The lowest BCUT2D eigenvalue weighted by atomic mass is 10.2. The van der Waals surface area contributed by atoms with Crippen LogP contribution in [0.2, 0.25) is 0 Å². The summed E-state index contributed by atoms with van der Waals surface area (Å²) in [5.74, 6) is 0.259. The molecule has 1 aliphatic heterocycles. The van der Waals surface area contributed by atoms with Gasteiger partial charge in [0, 0.05) is 0 Å². The number of furan rings is 1. The molecule has 94 valence electrons. The van der Waals surface area contributed by atoms with Crippen molar-refractivity contribution >= 4 is 17.7 Å². The molecule has 1 aliphatic rings. The molecule has 8 heteroatoms. The van der Waals surface area contributed by atoms with E-state index >= 15 is 0 Å². The van der Waals surface area contributed by atoms with E-state index in [0.717, 1.165) is 0 Å². The highest BCUT2D eigenvalue weighted by molar-refractivity contribution is 8.00. The van der Waals surface area contributed by atoms with Crippen molar-refractivity contribution in [2.45, 2.75) is 23.4 Å². The standard InChI is InChI=1S/C10H10N4O3S/c1-5-7(9(15)16)18-10-12-11-8(14(10)13-5)6-3-2-4-17-6/h2-5,7,13H,1H3,(H,15,16). The predicted molar refractivity (Wildman–Crippen MR) is 63.8 cm³/mol. The molecule has 2 aromatic rings. The fourth-order valence-corrected chi connectivity index (χ4v) is 2.70. The quantitative estimate of drug-likeness (QED) is 0.838. The van der Waals surface area contributed by atoms with Gasteiger partial charge in [0.05, 0.1) is 12.3 Å². The number of rotatable bonds is 2. The van der Waals surface area contributed by atoms with Crippen LogP contribution >= 0.6 is 11.8 Å². The number of hydrogen-bond acceptors (Lipinski definition) is 6. The van der Waals surface area contributed by atoms with E-state index in [2.05, 4.69) is 15.6 Å². The molecule has 0 radical (unpaired) electrons. The summed E-state index contributed by atoms with van der Waals surface area (Å²) >= 11 is 1.18. The fraction of sp³-hybridized carbons (Fsp3) is 0.300. The highest BCUT2D eigenvalue weighted by atomic mass is 32.2. The van der Waals surface area contributed by atoms with Crippen molar-refractivity contribution in [3.8, 4) is 11.6 Å². The van der Waals surface area contributed by atoms with E-state index in [1.54, 1.807) is 30.0 Å². The molecule has 0 amide bonds. The third kappa shape index (κ3) is 1.65. The summed E-state index contributed by atoms with van der Waals surface area (Å²) in [6.07, 6.45) is 1.55. The molecule has 7 nitrogen and oxygen atoms in total. The Morgan fingerprint density at radius 3 is 3.11 bits per heavy atom. The number of carboxylic acid groups (broad SMARTS) is 1. The molecule has 0 aromatic carbocycles. The molecule has 2 N–H and O–H groups in total. The van der Waals surface area contributed by atoms with Gasteiger partial charge in [0.25, 0.3) is 0 Å². The first-order valence-electron chi connectivity index (χ1n) is 5.32. The molecular formula is C10H10N4O3S. The highest BCUT2D eigenvalue weighted by Crippen LogP contribution is 2.31. The molecule has 18 heavy (non-hydrogen) atoms. The smallest absolute Gasteiger partial charge is 0.319 e. The third-order valence-corrected chi connectivity index (χ3v) is 3.98. The topological polar surface area (TPSA) is 93.2 Å². The van der Waals surface area contributed by atoms with E-state index in [1.165, 1.54) is 11.8 Å². The first-order valence-corrected chi connectivity index (χ1v) is 6.20. The summed E-state index contributed by atoms with van der Waals surface area (Å²) in [5, 5.41) is 17.0. The van der Waals surface area contributed by atoms with Crippen LogP contribution in [0, 0.1) is 0 Å². The molecule has 0 aliphatic carbocycles. The molecule has 2 unspecified atom stereocenters. The average molecular weight is 266 g/mol. The maximum Gasteiger partial charge on any atom is 0.319 e. The Morgan fingerprint density at radius 1 is 1.61 bits per heavy atom. The van der Waals surface area contributed by atoms with Crippen LogP contribution in [-0.4, -0.2) is 37.2 Å². The normalized spacial score (nSPS) is 22.3. The van der Waals surface area contributed by atoms with Crippen molar-refractivity contribution in [1.29, 1.82) is 0 Å². The monoisotopic (exact) mass is 266 g/mol. The minimum atomic E-state index is -0.867. The number of aromatic nitrogens is 3. The fourth-order valence-electron chi connectivity index (χ4n) is 1.78. The van der Waals surface area contributed by atoms with Gasteiger partial charge >= 0.3 is 5.97 Å². The maximum atomic E-state index is 11.1. The molecule has 0 saturated carbocycles. The Hall–Kier alpha value is -1.96. The minimum Gasteiger partial charge on any atom is -0.480 e. The van der Waals surface area contributed by atoms with E-state index in [-0.39, 0.29) is 6.04 Å². The summed E-state index contributed by atoms with van der Waals surface area (Å²) in [6.45, 7) is 1.81. The maximum absolute atomic E-state index is 11.1.